The molecule has 0 aliphatic rings. The van der Waals surface area contributed by atoms with Crippen LogP contribution in [0.2, 0.25) is 0 Å². The molecule has 0 atom stereocenters. The molecule has 1 heterocycles. The Hall–Kier alpha value is -3.31. The predicted molar refractivity (Wildman–Crippen MR) is 106 cm³/mol. The maximum Gasteiger partial charge on any atom is 0.545 e. The Bertz CT molecular complexity index is 1140. The van der Waals surface area contributed by atoms with Crippen molar-refractivity contribution in [3.63, 3.8) is 0 Å². The van der Waals surface area contributed by atoms with Crippen molar-refractivity contribution < 1.29 is 35.9 Å². The molecule has 2 aromatic carbocycles. The summed E-state index contributed by atoms with van der Waals surface area (Å²) >= 11 is 0. The molecule has 0 radical (unpaired) electrons. The van der Waals surface area contributed by atoms with Gasteiger partial charge in [0, 0.05) is 11.8 Å². The molecule has 164 valence electrons. The van der Waals surface area contributed by atoms with E-state index in [1.54, 1.807) is 18.2 Å². The van der Waals surface area contributed by atoms with E-state index in [2.05, 4.69) is 9.82 Å². The van der Waals surface area contributed by atoms with Crippen LogP contribution >= 0.6 is 0 Å². The fraction of sp³-hybridized carbons (Fsp3) is 0.150. The van der Waals surface area contributed by atoms with E-state index in [1.807, 2.05) is 0 Å². The molecule has 0 aliphatic heterocycles. The van der Waals surface area contributed by atoms with Gasteiger partial charge in [-0.2, -0.15) is 13.3 Å². The van der Waals surface area contributed by atoms with Crippen LogP contribution in [0.1, 0.15) is 0 Å². The van der Waals surface area contributed by atoms with Gasteiger partial charge in [-0.3, -0.25) is 0 Å². The number of methoxy groups -OCH3 is 2. The fourth-order valence-electron chi connectivity index (χ4n) is 2.68. The second-order valence-corrected chi connectivity index (χ2v) is 7.81. The molecular weight excluding hydrogens is 437 g/mol. The zero-order valence-corrected chi connectivity index (χ0v) is 17.1. The smallest absolute Gasteiger partial charge is 0.493 e. The van der Waals surface area contributed by atoms with Crippen molar-refractivity contribution in [2.75, 3.05) is 18.7 Å². The van der Waals surface area contributed by atoms with Crippen LogP contribution in [0.3, 0.4) is 0 Å². The van der Waals surface area contributed by atoms with Gasteiger partial charge in [-0.25, -0.2) is 4.98 Å². The van der Waals surface area contributed by atoms with Crippen LogP contribution in [-0.2, 0) is 14.9 Å². The van der Waals surface area contributed by atoms with Crippen LogP contribution in [0.4, 0.5) is 19.0 Å². The molecule has 0 bridgehead atoms. The summed E-state index contributed by atoms with van der Waals surface area (Å²) < 4.78 is 74.5. The third kappa shape index (κ3) is 5.06. The normalized spacial score (nSPS) is 11.8. The molecular formula is C20H17F3N2O5S. The Labute approximate surface area is 176 Å². The number of nitrogens with zero attached hydrogens (tertiary/aromatic N) is 2. The van der Waals surface area contributed by atoms with Crippen LogP contribution in [-0.4, -0.2) is 34.0 Å². The van der Waals surface area contributed by atoms with E-state index in [0.29, 0.717) is 22.6 Å². The summed E-state index contributed by atoms with van der Waals surface area (Å²) in [6.07, 6.45) is -4.03. The van der Waals surface area contributed by atoms with Gasteiger partial charge in [-0.05, 0) is 42.0 Å². The predicted octanol–water partition coefficient (Wildman–Crippen LogP) is 4.41. The summed E-state index contributed by atoms with van der Waals surface area (Å²) in [4.78, 5) is 7.30. The first-order valence-electron chi connectivity index (χ1n) is 8.70. The Morgan fingerprint density at radius 3 is 2.06 bits per heavy atom. The zero-order chi connectivity index (χ0) is 22.6. The highest BCUT2D eigenvalue weighted by atomic mass is 32.2. The summed E-state index contributed by atoms with van der Waals surface area (Å²) in [5, 5.41) is 0. The van der Waals surface area contributed by atoms with E-state index in [4.69, 9.17) is 9.47 Å². The molecule has 0 spiro atoms. The van der Waals surface area contributed by atoms with Crippen molar-refractivity contribution in [1.82, 2.24) is 4.98 Å². The second kappa shape index (κ2) is 8.82. The number of hydrogen-bond donors (Lipinski definition) is 0. The third-order valence-corrected chi connectivity index (χ3v) is 5.66. The van der Waals surface area contributed by atoms with Gasteiger partial charge in [0.05, 0.1) is 19.1 Å². The largest absolute Gasteiger partial charge is 0.545 e. The number of sulfonamides is 1. The van der Waals surface area contributed by atoms with E-state index >= 15 is 0 Å². The van der Waals surface area contributed by atoms with Gasteiger partial charge in [0.15, 0.2) is 17.3 Å². The number of benzene rings is 2. The standard InChI is InChI=1S/C20H17F3N2O5S/c1-28-17-10-8-14(12-18(17)29-2)15-9-11-19(24-13-15)25(30-20(21,22)23)31(26,27)16-6-4-3-5-7-16/h3-13H,1-2H3. The first-order chi connectivity index (χ1) is 14.7. The third-order valence-electron chi connectivity index (χ3n) is 4.10. The number of aromatic nitrogens is 1. The molecule has 31 heavy (non-hydrogen) atoms. The molecule has 0 fully saturated rings. The van der Waals surface area contributed by atoms with Crippen LogP contribution in [0, 0.1) is 0 Å². The first kappa shape index (κ1) is 22.4. The number of ether oxygens (including phenoxy) is 2. The Kier molecular flexibility index (Phi) is 6.37. The molecule has 3 aromatic rings. The van der Waals surface area contributed by atoms with Crippen LogP contribution < -0.4 is 13.9 Å². The number of alkyl halides is 3. The monoisotopic (exact) mass is 454 g/mol. The van der Waals surface area contributed by atoms with E-state index in [1.165, 1.54) is 44.7 Å². The lowest BCUT2D eigenvalue weighted by Gasteiger charge is -2.23. The lowest BCUT2D eigenvalue weighted by Crippen LogP contribution is -2.37. The van der Waals surface area contributed by atoms with Gasteiger partial charge >= 0.3 is 6.36 Å². The zero-order valence-electron chi connectivity index (χ0n) is 16.3. The summed E-state index contributed by atoms with van der Waals surface area (Å²) in [6.45, 7) is 0. The molecule has 0 unspecified atom stereocenters. The van der Waals surface area contributed by atoms with Crippen molar-refractivity contribution in [1.29, 1.82) is 0 Å². The van der Waals surface area contributed by atoms with Gasteiger partial charge in [0.2, 0.25) is 0 Å². The molecule has 0 amide bonds. The summed E-state index contributed by atoms with van der Waals surface area (Å²) in [5.41, 5.74) is 1.14. The number of halogens is 3. The van der Waals surface area contributed by atoms with Gasteiger partial charge in [-0.15, -0.1) is 17.6 Å². The average Bonchev–Trinajstić information content (AvgIpc) is 2.77. The second-order valence-electron chi connectivity index (χ2n) is 6.06. The van der Waals surface area contributed by atoms with E-state index < -0.39 is 22.2 Å². The van der Waals surface area contributed by atoms with Crippen LogP contribution in [0.15, 0.2) is 71.8 Å². The maximum absolute atomic E-state index is 13.0. The van der Waals surface area contributed by atoms with Crippen LogP contribution in [0.25, 0.3) is 11.1 Å². The van der Waals surface area contributed by atoms with Crippen molar-refractivity contribution >= 4 is 15.8 Å². The van der Waals surface area contributed by atoms with Crippen LogP contribution in [0.5, 0.6) is 11.5 Å². The number of anilines is 1. The first-order valence-corrected chi connectivity index (χ1v) is 10.1. The highest BCUT2D eigenvalue weighted by Gasteiger charge is 2.40. The number of pyridine rings is 1. The quantitative estimate of drug-likeness (QED) is 0.492. The van der Waals surface area contributed by atoms with E-state index in [0.717, 1.165) is 18.2 Å². The SMILES string of the molecule is COc1ccc(-c2ccc(N(OC(F)(F)F)S(=O)(=O)c3ccccc3)nc2)cc1OC. The van der Waals surface area contributed by atoms with Crippen molar-refractivity contribution in [3.8, 4) is 22.6 Å². The molecule has 3 rings (SSSR count). The molecule has 7 nitrogen and oxygen atoms in total. The highest BCUT2D eigenvalue weighted by Crippen LogP contribution is 2.33. The maximum atomic E-state index is 13.0. The fourth-order valence-corrected chi connectivity index (χ4v) is 3.91. The van der Waals surface area contributed by atoms with E-state index in [-0.39, 0.29) is 9.36 Å². The minimum absolute atomic E-state index is 0.249. The Balaban J connectivity index is 2.00. The summed E-state index contributed by atoms with van der Waals surface area (Å²) in [5.74, 6) is 0.373. The topological polar surface area (TPSA) is 78.0 Å². The van der Waals surface area contributed by atoms with Gasteiger partial charge < -0.3 is 9.47 Å². The minimum atomic E-state index is -5.26. The van der Waals surface area contributed by atoms with Crippen molar-refractivity contribution in [2.45, 2.75) is 11.3 Å². The molecule has 0 aliphatic carbocycles. The Morgan fingerprint density at radius 2 is 1.52 bits per heavy atom. The van der Waals surface area contributed by atoms with Crippen molar-refractivity contribution in [3.05, 3.63) is 66.9 Å². The van der Waals surface area contributed by atoms with Gasteiger partial charge in [-0.1, -0.05) is 24.3 Å². The minimum Gasteiger partial charge on any atom is -0.493 e. The number of hydrogen-bond acceptors (Lipinski definition) is 6. The summed E-state index contributed by atoms with van der Waals surface area (Å²) in [7, 11) is -1.75. The number of rotatable bonds is 7. The van der Waals surface area contributed by atoms with E-state index in [9.17, 15) is 21.6 Å². The average molecular weight is 454 g/mol. The van der Waals surface area contributed by atoms with Gasteiger partial charge in [0.25, 0.3) is 10.0 Å². The lowest BCUT2D eigenvalue weighted by atomic mass is 10.1. The van der Waals surface area contributed by atoms with Crippen molar-refractivity contribution in [2.24, 2.45) is 0 Å². The molecule has 0 N–H and O–H groups in total. The Morgan fingerprint density at radius 1 is 0.871 bits per heavy atom. The molecule has 0 saturated heterocycles. The molecule has 11 heteroatoms. The summed E-state index contributed by atoms with van der Waals surface area (Å²) in [6, 6.07) is 14.1. The van der Waals surface area contributed by atoms with Gasteiger partial charge in [0.1, 0.15) is 0 Å². The molecule has 1 aromatic heterocycles. The molecule has 0 saturated carbocycles. The lowest BCUT2D eigenvalue weighted by molar-refractivity contribution is -0.322. The highest BCUT2D eigenvalue weighted by molar-refractivity contribution is 7.92.